The largest absolute Gasteiger partial charge is 0.384 e. The van der Waals surface area contributed by atoms with E-state index in [1.165, 1.54) is 32.1 Å². The summed E-state index contributed by atoms with van der Waals surface area (Å²) < 4.78 is 5.26. The number of hydrogen-bond donors (Lipinski definition) is 0. The first-order chi connectivity index (χ1) is 6.25. The molecule has 1 saturated carbocycles. The second kappa shape index (κ2) is 5.35. The van der Waals surface area contributed by atoms with Crippen LogP contribution in [0.5, 0.6) is 0 Å². The molecule has 0 heterocycles. The van der Waals surface area contributed by atoms with Gasteiger partial charge in [0.2, 0.25) is 0 Å². The zero-order valence-corrected chi connectivity index (χ0v) is 10.4. The monoisotopic (exact) mass is 248 g/mol. The molecule has 1 fully saturated rings. The molecule has 13 heavy (non-hydrogen) atoms. The van der Waals surface area contributed by atoms with E-state index in [9.17, 15) is 0 Å². The van der Waals surface area contributed by atoms with Gasteiger partial charge in [0.25, 0.3) is 0 Å². The van der Waals surface area contributed by atoms with E-state index in [0.29, 0.717) is 11.3 Å². The molecule has 1 nitrogen and oxygen atoms in total. The lowest BCUT2D eigenvalue weighted by molar-refractivity contribution is 0.0583. The average molecular weight is 249 g/mol. The van der Waals surface area contributed by atoms with Crippen LogP contribution in [0.4, 0.5) is 0 Å². The van der Waals surface area contributed by atoms with Crippen molar-refractivity contribution in [3.8, 4) is 0 Å². The second-order valence-electron chi connectivity index (χ2n) is 4.41. The third-order valence-corrected chi connectivity index (χ3v) is 4.69. The van der Waals surface area contributed by atoms with Crippen molar-refractivity contribution in [3.05, 3.63) is 0 Å². The Bertz CT molecular complexity index is 141. The van der Waals surface area contributed by atoms with Gasteiger partial charge in [-0.3, -0.25) is 0 Å². The fourth-order valence-electron chi connectivity index (χ4n) is 2.44. The van der Waals surface area contributed by atoms with Crippen LogP contribution in [0.3, 0.4) is 0 Å². The minimum atomic E-state index is 0.522. The van der Waals surface area contributed by atoms with Gasteiger partial charge in [0.05, 0.1) is 0 Å². The minimum absolute atomic E-state index is 0.522. The summed E-state index contributed by atoms with van der Waals surface area (Å²) in [6.07, 6.45) is 6.99. The lowest BCUT2D eigenvalue weighted by Crippen LogP contribution is -2.35. The topological polar surface area (TPSA) is 9.23 Å². The quantitative estimate of drug-likeness (QED) is 0.691. The van der Waals surface area contributed by atoms with Crippen molar-refractivity contribution in [1.29, 1.82) is 0 Å². The summed E-state index contributed by atoms with van der Waals surface area (Å²) in [6.45, 7) is 3.24. The van der Waals surface area contributed by atoms with Crippen molar-refractivity contribution in [2.75, 3.05) is 19.0 Å². The first kappa shape index (κ1) is 11.5. The molecule has 0 radical (unpaired) electrons. The zero-order valence-electron chi connectivity index (χ0n) is 8.81. The molecule has 2 heteroatoms. The van der Waals surface area contributed by atoms with Crippen LogP contribution in [-0.4, -0.2) is 19.0 Å². The molecule has 0 N–H and O–H groups in total. The number of ether oxygens (including phenoxy) is 1. The van der Waals surface area contributed by atoms with Crippen LogP contribution < -0.4 is 0 Å². The van der Waals surface area contributed by atoms with Crippen LogP contribution >= 0.6 is 15.9 Å². The van der Waals surface area contributed by atoms with E-state index in [4.69, 9.17) is 4.74 Å². The minimum Gasteiger partial charge on any atom is -0.384 e. The van der Waals surface area contributed by atoms with Gasteiger partial charge in [-0.1, -0.05) is 42.1 Å². The predicted octanol–water partition coefficient (Wildman–Crippen LogP) is 3.61. The Labute approximate surface area is 90.4 Å². The maximum Gasteiger partial charge on any atom is 0.0493 e. The number of halogens is 1. The van der Waals surface area contributed by atoms with E-state index in [0.717, 1.165) is 11.9 Å². The van der Waals surface area contributed by atoms with Crippen molar-refractivity contribution in [1.82, 2.24) is 0 Å². The summed E-state index contributed by atoms with van der Waals surface area (Å²) in [6, 6.07) is 0. The Morgan fingerprint density at radius 1 is 1.31 bits per heavy atom. The van der Waals surface area contributed by atoms with Crippen LogP contribution in [0.25, 0.3) is 0 Å². The van der Waals surface area contributed by atoms with E-state index in [-0.39, 0.29) is 0 Å². The molecule has 78 valence electrons. The lowest BCUT2D eigenvalue weighted by Gasteiger charge is -2.40. The summed E-state index contributed by atoms with van der Waals surface area (Å²) in [7, 11) is 1.81. The molecule has 1 unspecified atom stereocenters. The molecule has 1 aliphatic carbocycles. The summed E-state index contributed by atoms with van der Waals surface area (Å²) in [5.74, 6) is 0.692. The molecule has 0 aromatic heterocycles. The van der Waals surface area contributed by atoms with Gasteiger partial charge in [-0.25, -0.2) is 0 Å². The van der Waals surface area contributed by atoms with Gasteiger partial charge >= 0.3 is 0 Å². The van der Waals surface area contributed by atoms with Crippen molar-refractivity contribution < 1.29 is 4.74 Å². The number of rotatable bonds is 4. The normalized spacial score (nSPS) is 24.2. The van der Waals surface area contributed by atoms with Gasteiger partial charge in [-0.2, -0.15) is 0 Å². The first-order valence-corrected chi connectivity index (χ1v) is 6.42. The molecule has 1 rings (SSSR count). The van der Waals surface area contributed by atoms with E-state index in [1.54, 1.807) is 7.11 Å². The van der Waals surface area contributed by atoms with Crippen LogP contribution in [-0.2, 0) is 4.74 Å². The smallest absolute Gasteiger partial charge is 0.0493 e. The van der Waals surface area contributed by atoms with Crippen molar-refractivity contribution in [3.63, 3.8) is 0 Å². The highest BCUT2D eigenvalue weighted by Gasteiger charge is 2.36. The second-order valence-corrected chi connectivity index (χ2v) is 4.97. The Morgan fingerprint density at radius 3 is 2.38 bits per heavy atom. The molecule has 0 aromatic rings. The summed E-state index contributed by atoms with van der Waals surface area (Å²) >= 11 is 3.68. The van der Waals surface area contributed by atoms with Crippen LogP contribution in [0.15, 0.2) is 0 Å². The zero-order chi connectivity index (χ0) is 9.73. The molecule has 0 aliphatic heterocycles. The van der Waals surface area contributed by atoms with Gasteiger partial charge < -0.3 is 4.74 Å². The Morgan fingerprint density at radius 2 is 1.92 bits per heavy atom. The van der Waals surface area contributed by atoms with Gasteiger partial charge in [-0.15, -0.1) is 0 Å². The van der Waals surface area contributed by atoms with Crippen molar-refractivity contribution in [2.24, 2.45) is 11.3 Å². The predicted molar refractivity (Wildman–Crippen MR) is 60.4 cm³/mol. The van der Waals surface area contributed by atoms with Crippen LogP contribution in [0.2, 0.25) is 0 Å². The fourth-order valence-corrected chi connectivity index (χ4v) is 3.55. The van der Waals surface area contributed by atoms with Gasteiger partial charge in [0, 0.05) is 19.0 Å². The number of hydrogen-bond acceptors (Lipinski definition) is 1. The SMILES string of the molecule is COCC(C)C1(CBr)CCCCC1. The van der Waals surface area contributed by atoms with Crippen molar-refractivity contribution >= 4 is 15.9 Å². The highest BCUT2D eigenvalue weighted by molar-refractivity contribution is 9.09. The summed E-state index contributed by atoms with van der Waals surface area (Å²) in [5.41, 5.74) is 0.522. The molecule has 0 saturated heterocycles. The first-order valence-electron chi connectivity index (χ1n) is 5.30. The molecular weight excluding hydrogens is 228 g/mol. The Hall–Kier alpha value is 0.440. The maximum atomic E-state index is 5.26. The fraction of sp³-hybridized carbons (Fsp3) is 1.00. The third-order valence-electron chi connectivity index (χ3n) is 3.58. The molecular formula is C11H21BrO. The highest BCUT2D eigenvalue weighted by Crippen LogP contribution is 2.43. The number of alkyl halides is 1. The van der Waals surface area contributed by atoms with E-state index >= 15 is 0 Å². The molecule has 0 bridgehead atoms. The average Bonchev–Trinajstić information content (AvgIpc) is 2.19. The Kier molecular flexibility index (Phi) is 4.74. The number of methoxy groups -OCH3 is 1. The molecule has 1 aliphatic rings. The van der Waals surface area contributed by atoms with Crippen LogP contribution in [0.1, 0.15) is 39.0 Å². The standard InChI is InChI=1S/C11H21BrO/c1-10(8-13-2)11(9-12)6-4-3-5-7-11/h10H,3-9H2,1-2H3. The highest BCUT2D eigenvalue weighted by atomic mass is 79.9. The van der Waals surface area contributed by atoms with Gasteiger partial charge in [0.15, 0.2) is 0 Å². The lowest BCUT2D eigenvalue weighted by atomic mass is 9.68. The Balaban J connectivity index is 2.55. The van der Waals surface area contributed by atoms with Crippen molar-refractivity contribution in [2.45, 2.75) is 39.0 Å². The van der Waals surface area contributed by atoms with Gasteiger partial charge in [0.1, 0.15) is 0 Å². The molecule has 0 aromatic carbocycles. The summed E-state index contributed by atoms with van der Waals surface area (Å²) in [4.78, 5) is 0. The van der Waals surface area contributed by atoms with E-state index in [2.05, 4.69) is 22.9 Å². The maximum absolute atomic E-state index is 5.26. The third kappa shape index (κ3) is 2.69. The molecule has 0 spiro atoms. The van der Waals surface area contributed by atoms with E-state index in [1.807, 2.05) is 0 Å². The summed E-state index contributed by atoms with van der Waals surface area (Å²) in [5, 5.41) is 1.14. The van der Waals surface area contributed by atoms with E-state index < -0.39 is 0 Å². The van der Waals surface area contributed by atoms with Gasteiger partial charge in [-0.05, 0) is 24.2 Å². The van der Waals surface area contributed by atoms with Crippen LogP contribution in [0, 0.1) is 11.3 Å². The molecule has 0 amide bonds. The molecule has 1 atom stereocenters.